The van der Waals surface area contributed by atoms with Crippen LogP contribution in [0.4, 0.5) is 5.69 Å². The van der Waals surface area contributed by atoms with Crippen LogP contribution < -0.4 is 14.8 Å². The number of hydrogen-bond donors (Lipinski definition) is 2. The molecule has 0 bridgehead atoms. The van der Waals surface area contributed by atoms with Gasteiger partial charge in [0.1, 0.15) is 5.75 Å². The van der Waals surface area contributed by atoms with Crippen LogP contribution in [0.1, 0.15) is 17.8 Å². The van der Waals surface area contributed by atoms with E-state index in [0.717, 1.165) is 4.88 Å². The molecular formula is C14H14N2O4S2. The highest BCUT2D eigenvalue weighted by atomic mass is 32.2. The maximum Gasteiger partial charge on any atom is 0.262 e. The summed E-state index contributed by atoms with van der Waals surface area (Å²) in [7, 11) is -3.69. The maximum atomic E-state index is 12.4. The molecule has 2 heterocycles. The first-order valence-electron chi connectivity index (χ1n) is 6.58. The largest absolute Gasteiger partial charge is 0.482 e. The number of fused-ring (bicyclic) bond motifs is 1. The predicted octanol–water partition coefficient (Wildman–Crippen LogP) is 2.12. The van der Waals surface area contributed by atoms with Gasteiger partial charge in [-0.2, -0.15) is 0 Å². The summed E-state index contributed by atoms with van der Waals surface area (Å²) in [6.07, 6.45) is 0. The van der Waals surface area contributed by atoms with Gasteiger partial charge in [0.05, 0.1) is 16.6 Å². The summed E-state index contributed by atoms with van der Waals surface area (Å²) in [6.45, 7) is 1.72. The zero-order valence-electron chi connectivity index (χ0n) is 11.7. The molecule has 2 aromatic rings. The third-order valence-corrected chi connectivity index (χ3v) is 5.79. The van der Waals surface area contributed by atoms with Gasteiger partial charge < -0.3 is 10.1 Å². The Labute approximate surface area is 132 Å². The number of hydrogen-bond acceptors (Lipinski definition) is 5. The van der Waals surface area contributed by atoms with Gasteiger partial charge in [-0.15, -0.1) is 11.3 Å². The second kappa shape index (κ2) is 5.71. The highest BCUT2D eigenvalue weighted by molar-refractivity contribution is 7.89. The summed E-state index contributed by atoms with van der Waals surface area (Å²) in [5.41, 5.74) is 0.364. The van der Waals surface area contributed by atoms with Crippen molar-refractivity contribution in [3.8, 4) is 5.75 Å². The van der Waals surface area contributed by atoms with E-state index in [1.807, 2.05) is 17.5 Å². The number of thiophene rings is 1. The quantitative estimate of drug-likeness (QED) is 0.894. The Balaban J connectivity index is 1.86. The lowest BCUT2D eigenvalue weighted by atomic mass is 10.2. The fourth-order valence-corrected chi connectivity index (χ4v) is 4.18. The van der Waals surface area contributed by atoms with Gasteiger partial charge in [0.2, 0.25) is 10.0 Å². The van der Waals surface area contributed by atoms with Crippen LogP contribution in [0, 0.1) is 0 Å². The van der Waals surface area contributed by atoms with Gasteiger partial charge in [0.15, 0.2) is 6.61 Å². The Bertz CT molecular complexity index is 800. The lowest BCUT2D eigenvalue weighted by Gasteiger charge is -2.19. The molecule has 0 saturated carbocycles. The molecule has 6 nitrogen and oxygen atoms in total. The van der Waals surface area contributed by atoms with Crippen molar-refractivity contribution in [3.05, 3.63) is 40.6 Å². The first-order chi connectivity index (χ1) is 10.5. The molecular weight excluding hydrogens is 324 g/mol. The fourth-order valence-electron chi connectivity index (χ4n) is 2.13. The molecule has 1 unspecified atom stereocenters. The third-order valence-electron chi connectivity index (χ3n) is 3.20. The minimum absolute atomic E-state index is 0.0627. The summed E-state index contributed by atoms with van der Waals surface area (Å²) in [5, 5.41) is 4.49. The number of nitrogens with one attached hydrogen (secondary N) is 2. The normalized spacial score (nSPS) is 15.6. The minimum atomic E-state index is -3.69. The van der Waals surface area contributed by atoms with Gasteiger partial charge in [0.25, 0.3) is 5.91 Å². The van der Waals surface area contributed by atoms with Crippen molar-refractivity contribution < 1.29 is 17.9 Å². The number of benzene rings is 1. The van der Waals surface area contributed by atoms with E-state index >= 15 is 0 Å². The molecule has 0 saturated heterocycles. The van der Waals surface area contributed by atoms with E-state index in [-0.39, 0.29) is 23.5 Å². The second-order valence-electron chi connectivity index (χ2n) is 4.85. The average Bonchev–Trinajstić information content (AvgIpc) is 3.00. The van der Waals surface area contributed by atoms with Crippen molar-refractivity contribution in [2.45, 2.75) is 17.9 Å². The molecule has 1 aromatic carbocycles. The Morgan fingerprint density at radius 1 is 1.36 bits per heavy atom. The van der Waals surface area contributed by atoms with E-state index in [2.05, 4.69) is 10.0 Å². The molecule has 0 spiro atoms. The topological polar surface area (TPSA) is 84.5 Å². The van der Waals surface area contributed by atoms with Crippen molar-refractivity contribution in [3.63, 3.8) is 0 Å². The smallest absolute Gasteiger partial charge is 0.262 e. The van der Waals surface area contributed by atoms with Crippen LogP contribution in [0.2, 0.25) is 0 Å². The molecule has 1 amide bonds. The van der Waals surface area contributed by atoms with Crippen LogP contribution in [0.5, 0.6) is 5.75 Å². The molecule has 1 atom stereocenters. The SMILES string of the molecule is CC(NS(=O)(=O)c1ccc2c(c1)NC(=O)CO2)c1cccs1. The number of amides is 1. The van der Waals surface area contributed by atoms with E-state index in [1.165, 1.54) is 23.5 Å². The minimum Gasteiger partial charge on any atom is -0.482 e. The molecule has 1 aliphatic heterocycles. The van der Waals surface area contributed by atoms with Crippen LogP contribution in [-0.4, -0.2) is 20.9 Å². The zero-order chi connectivity index (χ0) is 15.7. The van der Waals surface area contributed by atoms with E-state index in [0.29, 0.717) is 11.4 Å². The Morgan fingerprint density at radius 3 is 2.91 bits per heavy atom. The molecule has 1 aromatic heterocycles. The Hall–Kier alpha value is -1.90. The number of ether oxygens (including phenoxy) is 1. The summed E-state index contributed by atoms with van der Waals surface area (Å²) < 4.78 is 32.7. The van der Waals surface area contributed by atoms with Gasteiger partial charge in [-0.3, -0.25) is 4.79 Å². The summed E-state index contributed by atoms with van der Waals surface area (Å²) >= 11 is 1.49. The maximum absolute atomic E-state index is 12.4. The predicted molar refractivity (Wildman–Crippen MR) is 83.6 cm³/mol. The van der Waals surface area contributed by atoms with E-state index < -0.39 is 10.0 Å². The van der Waals surface area contributed by atoms with Crippen molar-refractivity contribution in [2.75, 3.05) is 11.9 Å². The highest BCUT2D eigenvalue weighted by Crippen LogP contribution is 2.30. The third kappa shape index (κ3) is 2.99. The lowest BCUT2D eigenvalue weighted by molar-refractivity contribution is -0.118. The number of carbonyl (C=O) groups is 1. The molecule has 2 N–H and O–H groups in total. The monoisotopic (exact) mass is 338 g/mol. The standard InChI is InChI=1S/C14H14N2O4S2/c1-9(13-3-2-6-21-13)16-22(18,19)10-4-5-12-11(7-10)15-14(17)8-20-12/h2-7,9,16H,8H2,1H3,(H,15,17). The molecule has 22 heavy (non-hydrogen) atoms. The molecule has 0 aliphatic carbocycles. The fraction of sp³-hybridized carbons (Fsp3) is 0.214. The first kappa shape index (κ1) is 15.0. The Kier molecular flexibility index (Phi) is 3.90. The number of sulfonamides is 1. The molecule has 0 fully saturated rings. The van der Waals surface area contributed by atoms with Crippen molar-refractivity contribution in [1.29, 1.82) is 0 Å². The highest BCUT2D eigenvalue weighted by Gasteiger charge is 2.22. The van der Waals surface area contributed by atoms with Gasteiger partial charge >= 0.3 is 0 Å². The first-order valence-corrected chi connectivity index (χ1v) is 8.94. The number of anilines is 1. The van der Waals surface area contributed by atoms with Gasteiger partial charge in [-0.25, -0.2) is 13.1 Å². The molecule has 116 valence electrons. The molecule has 0 radical (unpaired) electrons. The van der Waals surface area contributed by atoms with Crippen LogP contribution in [0.25, 0.3) is 0 Å². The summed E-state index contributed by atoms with van der Waals surface area (Å²) in [4.78, 5) is 12.3. The zero-order valence-corrected chi connectivity index (χ0v) is 13.3. The average molecular weight is 338 g/mol. The molecule has 1 aliphatic rings. The van der Waals surface area contributed by atoms with Gasteiger partial charge in [-0.1, -0.05) is 6.07 Å². The van der Waals surface area contributed by atoms with Crippen molar-refractivity contribution in [2.24, 2.45) is 0 Å². The second-order valence-corrected chi connectivity index (χ2v) is 7.55. The molecule has 8 heteroatoms. The Morgan fingerprint density at radius 2 is 2.18 bits per heavy atom. The number of rotatable bonds is 4. The van der Waals surface area contributed by atoms with Crippen LogP contribution in [-0.2, 0) is 14.8 Å². The number of carbonyl (C=O) groups excluding carboxylic acids is 1. The van der Waals surface area contributed by atoms with Crippen LogP contribution in [0.15, 0.2) is 40.6 Å². The summed E-state index contributed by atoms with van der Waals surface area (Å²) in [5.74, 6) is 0.159. The van der Waals surface area contributed by atoms with E-state index in [4.69, 9.17) is 4.74 Å². The van der Waals surface area contributed by atoms with Crippen LogP contribution >= 0.6 is 11.3 Å². The lowest BCUT2D eigenvalue weighted by Crippen LogP contribution is -2.28. The van der Waals surface area contributed by atoms with Crippen LogP contribution in [0.3, 0.4) is 0 Å². The van der Waals surface area contributed by atoms with Crippen molar-refractivity contribution >= 4 is 33.0 Å². The van der Waals surface area contributed by atoms with Crippen molar-refractivity contribution in [1.82, 2.24) is 4.72 Å². The van der Waals surface area contributed by atoms with E-state index in [9.17, 15) is 13.2 Å². The van der Waals surface area contributed by atoms with Gasteiger partial charge in [-0.05, 0) is 36.6 Å². The van der Waals surface area contributed by atoms with Gasteiger partial charge in [0, 0.05) is 4.88 Å². The van der Waals surface area contributed by atoms with E-state index in [1.54, 1.807) is 13.0 Å². The summed E-state index contributed by atoms with van der Waals surface area (Å²) in [6, 6.07) is 7.82. The molecule has 3 rings (SSSR count).